The average molecular weight is 346 g/mol. The summed E-state index contributed by atoms with van der Waals surface area (Å²) in [6, 6.07) is 0. The van der Waals surface area contributed by atoms with Crippen molar-refractivity contribution in [3.8, 4) is 0 Å². The Balaban J connectivity index is -0.000000172. The van der Waals surface area contributed by atoms with Gasteiger partial charge in [-0.15, -0.1) is 0 Å². The average Bonchev–Trinajstić information content (AvgIpc) is 2.03. The molecule has 0 aromatic rings. The molecule has 0 atom stereocenters. The summed E-state index contributed by atoms with van der Waals surface area (Å²) in [7, 11) is -1.11. The Morgan fingerprint density at radius 3 is 1.06 bits per heavy atom. The molecule has 0 aliphatic rings. The monoisotopic (exact) mass is 344 g/mol. The smallest absolute Gasteiger partial charge is 0.222 e. The zero-order chi connectivity index (χ0) is 13.8. The minimum absolute atomic E-state index is 0.0571. The fourth-order valence-electron chi connectivity index (χ4n) is 0.200. The van der Waals surface area contributed by atoms with Crippen molar-refractivity contribution >= 4 is 62.1 Å². The van der Waals surface area contributed by atoms with Crippen molar-refractivity contribution in [2.24, 2.45) is 0 Å². The van der Waals surface area contributed by atoms with Crippen molar-refractivity contribution < 1.29 is 0 Å². The molecular formula is C8H24Cl4N2Si2. The molecule has 8 heteroatoms. The highest BCUT2D eigenvalue weighted by atomic mass is 35.7. The summed E-state index contributed by atoms with van der Waals surface area (Å²) < 4.78 is 0. The van der Waals surface area contributed by atoms with E-state index >= 15 is 0 Å². The van der Waals surface area contributed by atoms with Gasteiger partial charge in [-0.25, -0.2) is 4.84 Å². The number of nitrogens with one attached hydrogen (secondary N) is 2. The van der Waals surface area contributed by atoms with Crippen molar-refractivity contribution in [2.45, 2.75) is 52.6 Å². The number of rotatable bonds is 1. The van der Waals surface area contributed by atoms with Gasteiger partial charge in [-0.05, 0) is 53.3 Å². The molecule has 2 nitrogen and oxygen atoms in total. The van der Waals surface area contributed by atoms with E-state index in [4.69, 9.17) is 45.0 Å². The van der Waals surface area contributed by atoms with Gasteiger partial charge in [0.05, 0.1) is 0 Å². The van der Waals surface area contributed by atoms with E-state index < -0.39 is 17.1 Å². The summed E-state index contributed by atoms with van der Waals surface area (Å²) in [5.41, 5.74) is 0.287. The van der Waals surface area contributed by atoms with E-state index in [0.717, 1.165) is 0 Å². The van der Waals surface area contributed by atoms with Crippen LogP contribution in [0.25, 0.3) is 0 Å². The Morgan fingerprint density at radius 1 is 0.812 bits per heavy atom. The molecule has 2 N–H and O–H groups in total. The number of hydrogen-bond acceptors (Lipinski definition) is 2. The molecule has 0 amide bonds. The summed E-state index contributed by atoms with van der Waals surface area (Å²) in [6.07, 6.45) is 0. The van der Waals surface area contributed by atoms with Crippen LogP contribution >= 0.6 is 45.0 Å². The first kappa shape index (κ1) is 22.7. The van der Waals surface area contributed by atoms with Gasteiger partial charge < -0.3 is 4.98 Å². The molecular weight excluding hydrogens is 322 g/mol. The predicted molar refractivity (Wildman–Crippen MR) is 86.3 cm³/mol. The molecule has 0 unspecified atom stereocenters. The molecule has 0 bridgehead atoms. The molecule has 102 valence electrons. The first-order valence-corrected chi connectivity index (χ1v) is 12.3. The lowest BCUT2D eigenvalue weighted by atomic mass is 10.1. The Morgan fingerprint density at radius 2 is 1.06 bits per heavy atom. The quantitative estimate of drug-likeness (QED) is 0.433. The Kier molecular flexibility index (Phi) is 18.4. The first-order valence-electron chi connectivity index (χ1n) is 4.84. The van der Waals surface area contributed by atoms with Gasteiger partial charge in [0.25, 0.3) is 0 Å². The highest BCUT2D eigenvalue weighted by Gasteiger charge is 2.05. The van der Waals surface area contributed by atoms with Gasteiger partial charge in [0.2, 0.25) is 8.14 Å². The Bertz CT molecular complexity index is 137. The molecule has 0 saturated carbocycles. The van der Waals surface area contributed by atoms with E-state index in [1.165, 1.54) is 0 Å². The van der Waals surface area contributed by atoms with Crippen LogP contribution in [-0.2, 0) is 0 Å². The molecule has 0 spiro atoms. The molecule has 0 aromatic heterocycles. The van der Waals surface area contributed by atoms with Gasteiger partial charge in [0.15, 0.2) is 8.99 Å². The third kappa shape index (κ3) is 45.1. The predicted octanol–water partition coefficient (Wildman–Crippen LogP) is 2.60. The van der Waals surface area contributed by atoms with Crippen molar-refractivity contribution in [1.82, 2.24) is 9.82 Å². The van der Waals surface area contributed by atoms with Gasteiger partial charge in [-0.1, -0.05) is 0 Å². The van der Waals surface area contributed by atoms with E-state index in [9.17, 15) is 0 Å². The lowest BCUT2D eigenvalue weighted by molar-refractivity contribution is 0.526. The van der Waals surface area contributed by atoms with Crippen LogP contribution in [0, 0.1) is 0 Å². The normalized spacial score (nSPS) is 11.6. The maximum absolute atomic E-state index is 5.51. The fourth-order valence-corrected chi connectivity index (χ4v) is 1.80. The van der Waals surface area contributed by atoms with Crippen molar-refractivity contribution in [1.29, 1.82) is 0 Å². The van der Waals surface area contributed by atoms with Crippen LogP contribution in [0.1, 0.15) is 41.5 Å². The van der Waals surface area contributed by atoms with Crippen LogP contribution in [0.3, 0.4) is 0 Å². The zero-order valence-electron chi connectivity index (χ0n) is 10.9. The summed E-state index contributed by atoms with van der Waals surface area (Å²) >= 11 is 20.5. The minimum atomic E-state index is -0.639. The van der Waals surface area contributed by atoms with Crippen molar-refractivity contribution in [2.75, 3.05) is 0 Å². The highest BCUT2D eigenvalue weighted by Crippen LogP contribution is 1.97. The van der Waals surface area contributed by atoms with E-state index in [1.54, 1.807) is 0 Å². The van der Waals surface area contributed by atoms with E-state index in [0.29, 0.717) is 0 Å². The molecule has 0 saturated heterocycles. The Labute approximate surface area is 124 Å². The molecule has 16 heavy (non-hydrogen) atoms. The summed E-state index contributed by atoms with van der Waals surface area (Å²) in [4.78, 5) is 5.77. The lowest BCUT2D eigenvalue weighted by Crippen LogP contribution is -2.36. The van der Waals surface area contributed by atoms with Gasteiger partial charge in [0.1, 0.15) is 0 Å². The van der Waals surface area contributed by atoms with Crippen LogP contribution in [0.15, 0.2) is 0 Å². The maximum atomic E-state index is 5.51. The third-order valence-corrected chi connectivity index (χ3v) is 3.04. The second kappa shape index (κ2) is 13.0. The maximum Gasteiger partial charge on any atom is 0.222 e. The van der Waals surface area contributed by atoms with Crippen molar-refractivity contribution in [3.05, 3.63) is 0 Å². The molecule has 0 rings (SSSR count). The second-order valence-electron chi connectivity index (χ2n) is 5.01. The van der Waals surface area contributed by atoms with Crippen LogP contribution in [0.2, 0.25) is 0 Å². The lowest BCUT2D eigenvalue weighted by Gasteiger charge is -2.17. The van der Waals surface area contributed by atoms with E-state index in [1.807, 2.05) is 20.8 Å². The molecule has 0 fully saturated rings. The van der Waals surface area contributed by atoms with Gasteiger partial charge in [-0.2, -0.15) is 33.2 Å². The summed E-state index contributed by atoms with van der Waals surface area (Å²) in [5.74, 6) is 0. The highest BCUT2D eigenvalue weighted by molar-refractivity contribution is 7.22. The molecule has 0 aromatic carbocycles. The first-order chi connectivity index (χ1) is 7.04. The third-order valence-electron chi connectivity index (χ3n) is 0.881. The Hall–Kier alpha value is 1.51. The van der Waals surface area contributed by atoms with Crippen LogP contribution < -0.4 is 9.82 Å². The fraction of sp³-hybridized carbons (Fsp3) is 1.00. The van der Waals surface area contributed by atoms with Crippen LogP contribution in [-0.4, -0.2) is 28.2 Å². The number of halogens is 4. The molecule has 0 aliphatic carbocycles. The van der Waals surface area contributed by atoms with Crippen LogP contribution in [0.5, 0.6) is 0 Å². The molecule has 0 heterocycles. The summed E-state index contributed by atoms with van der Waals surface area (Å²) in [6.45, 7) is 12.3. The van der Waals surface area contributed by atoms with Crippen molar-refractivity contribution in [3.63, 3.8) is 0 Å². The van der Waals surface area contributed by atoms with E-state index in [-0.39, 0.29) is 11.1 Å². The topological polar surface area (TPSA) is 24.1 Å². The molecule has 0 radical (unpaired) electrons. The van der Waals surface area contributed by atoms with Gasteiger partial charge in [0, 0.05) is 11.1 Å². The zero-order valence-corrected chi connectivity index (χ0v) is 16.8. The standard InChI is InChI=1S/C4H12ClNSi.C4H10ClN.Cl2H2Si/c1-4(2,3)6-7-5;1-4(2,3)6-5;1-3-2/h6H,7H2,1-3H3;6H,1-3H3;3H2. The second-order valence-corrected chi connectivity index (χ2v) is 9.24. The largest absolute Gasteiger partial charge is 0.326 e. The summed E-state index contributed by atoms with van der Waals surface area (Å²) in [5, 5.41) is 0. The van der Waals surface area contributed by atoms with Crippen LogP contribution in [0.4, 0.5) is 0 Å². The number of hydrogen-bond donors (Lipinski definition) is 2. The minimum Gasteiger partial charge on any atom is -0.326 e. The van der Waals surface area contributed by atoms with E-state index in [2.05, 4.69) is 30.6 Å². The SMILES string of the molecule is CC(C)(C)NCl.CC(C)(C)N[SiH2]Cl.Cl[SiH2]Cl. The van der Waals surface area contributed by atoms with Gasteiger partial charge in [-0.3, -0.25) is 0 Å². The molecule has 0 aliphatic heterocycles. The van der Waals surface area contributed by atoms with Gasteiger partial charge >= 0.3 is 0 Å².